The minimum atomic E-state index is -0.498. The fraction of sp³-hybridized carbons (Fsp3) is 0.214. The lowest BCUT2D eigenvalue weighted by Crippen LogP contribution is -2.22. The zero-order valence-corrected chi connectivity index (χ0v) is 12.6. The molecule has 2 aromatic rings. The molecule has 0 bridgehead atoms. The SMILES string of the molecule is CC(=O)Oc1c(C)sc(=Nc2ccc(O)cc2)n1C(C)=O. The molecule has 110 valence electrons. The fourth-order valence-corrected chi connectivity index (χ4v) is 2.66. The second kappa shape index (κ2) is 5.92. The summed E-state index contributed by atoms with van der Waals surface area (Å²) in [6.07, 6.45) is 0. The van der Waals surface area contributed by atoms with Crippen molar-refractivity contribution in [3.63, 3.8) is 0 Å². The lowest BCUT2D eigenvalue weighted by atomic mass is 10.3. The lowest BCUT2D eigenvalue weighted by Gasteiger charge is -2.04. The van der Waals surface area contributed by atoms with Crippen molar-refractivity contribution in [3.05, 3.63) is 33.9 Å². The number of phenolic OH excluding ortho intramolecular Hbond substituents is 1. The fourth-order valence-electron chi connectivity index (χ4n) is 1.71. The topological polar surface area (TPSA) is 80.9 Å². The summed E-state index contributed by atoms with van der Waals surface area (Å²) < 4.78 is 6.35. The van der Waals surface area contributed by atoms with E-state index in [1.54, 1.807) is 19.1 Å². The molecule has 0 aliphatic rings. The first-order valence-corrected chi connectivity index (χ1v) is 6.95. The Hall–Kier alpha value is -2.41. The molecule has 0 spiro atoms. The molecule has 0 saturated carbocycles. The van der Waals surface area contributed by atoms with Crippen molar-refractivity contribution in [1.29, 1.82) is 0 Å². The van der Waals surface area contributed by atoms with Gasteiger partial charge in [-0.25, -0.2) is 9.56 Å². The van der Waals surface area contributed by atoms with Crippen LogP contribution in [0.5, 0.6) is 11.6 Å². The normalized spacial score (nSPS) is 11.5. The maximum Gasteiger partial charge on any atom is 0.309 e. The number of benzene rings is 1. The van der Waals surface area contributed by atoms with Crippen LogP contribution in [0.1, 0.15) is 23.5 Å². The smallest absolute Gasteiger partial charge is 0.309 e. The number of hydrogen-bond donors (Lipinski definition) is 1. The molecule has 0 aliphatic heterocycles. The highest BCUT2D eigenvalue weighted by atomic mass is 32.1. The summed E-state index contributed by atoms with van der Waals surface area (Å²) >= 11 is 1.25. The predicted octanol–water partition coefficient (Wildman–Crippen LogP) is 2.38. The highest BCUT2D eigenvalue weighted by Gasteiger charge is 2.17. The molecule has 1 aromatic heterocycles. The van der Waals surface area contributed by atoms with Gasteiger partial charge in [0.1, 0.15) is 5.75 Å². The number of aryl methyl sites for hydroxylation is 1. The van der Waals surface area contributed by atoms with Crippen molar-refractivity contribution in [2.75, 3.05) is 0 Å². The number of thiazole rings is 1. The maximum atomic E-state index is 11.8. The van der Waals surface area contributed by atoms with E-state index in [1.165, 1.54) is 41.9 Å². The van der Waals surface area contributed by atoms with Crippen LogP contribution in [0.15, 0.2) is 29.3 Å². The average molecular weight is 306 g/mol. The van der Waals surface area contributed by atoms with Gasteiger partial charge in [0.2, 0.25) is 11.8 Å². The average Bonchev–Trinajstić information content (AvgIpc) is 2.68. The molecule has 6 nitrogen and oxygen atoms in total. The molecule has 7 heteroatoms. The molecular formula is C14H14N2O4S. The first kappa shape index (κ1) is 15.0. The van der Waals surface area contributed by atoms with Crippen molar-refractivity contribution in [3.8, 4) is 11.6 Å². The summed E-state index contributed by atoms with van der Waals surface area (Å²) in [6, 6.07) is 6.26. The van der Waals surface area contributed by atoms with Gasteiger partial charge in [0.15, 0.2) is 4.80 Å². The first-order chi connectivity index (χ1) is 9.88. The van der Waals surface area contributed by atoms with E-state index in [-0.39, 0.29) is 17.5 Å². The van der Waals surface area contributed by atoms with Crippen LogP contribution >= 0.6 is 11.3 Å². The van der Waals surface area contributed by atoms with Gasteiger partial charge in [-0.1, -0.05) is 11.3 Å². The van der Waals surface area contributed by atoms with Crippen LogP contribution in [0.4, 0.5) is 5.69 Å². The predicted molar refractivity (Wildman–Crippen MR) is 78.0 cm³/mol. The highest BCUT2D eigenvalue weighted by molar-refractivity contribution is 7.09. The minimum Gasteiger partial charge on any atom is -0.508 e. The Balaban J connectivity index is 2.60. The van der Waals surface area contributed by atoms with Gasteiger partial charge in [-0.15, -0.1) is 0 Å². The van der Waals surface area contributed by atoms with Crippen LogP contribution in [0.3, 0.4) is 0 Å². The van der Waals surface area contributed by atoms with Gasteiger partial charge in [0.05, 0.1) is 10.6 Å². The number of carbonyl (C=O) groups is 2. The molecule has 0 amide bonds. The number of hydrogen-bond acceptors (Lipinski definition) is 6. The number of esters is 1. The van der Waals surface area contributed by atoms with Gasteiger partial charge in [-0.2, -0.15) is 0 Å². The first-order valence-electron chi connectivity index (χ1n) is 6.14. The molecule has 21 heavy (non-hydrogen) atoms. The molecule has 0 atom stereocenters. The monoisotopic (exact) mass is 306 g/mol. The third-order valence-corrected chi connectivity index (χ3v) is 3.51. The Bertz CT molecular complexity index is 756. The van der Waals surface area contributed by atoms with Crippen LogP contribution in [-0.4, -0.2) is 21.6 Å². The Kier molecular flexibility index (Phi) is 4.23. The molecule has 0 radical (unpaired) electrons. The van der Waals surface area contributed by atoms with E-state index in [1.807, 2.05) is 0 Å². The summed E-state index contributed by atoms with van der Waals surface area (Å²) in [5, 5.41) is 9.26. The third-order valence-electron chi connectivity index (χ3n) is 2.57. The van der Waals surface area contributed by atoms with Crippen molar-refractivity contribution in [2.45, 2.75) is 20.8 Å². The van der Waals surface area contributed by atoms with Gasteiger partial charge in [-0.3, -0.25) is 9.59 Å². The lowest BCUT2D eigenvalue weighted by molar-refractivity contribution is -0.132. The molecule has 2 rings (SSSR count). The molecule has 0 unspecified atom stereocenters. The summed E-state index contributed by atoms with van der Waals surface area (Å²) in [5.41, 5.74) is 0.582. The summed E-state index contributed by atoms with van der Waals surface area (Å²) in [5.74, 6) is -0.468. The van der Waals surface area contributed by atoms with Crippen LogP contribution in [-0.2, 0) is 4.79 Å². The van der Waals surface area contributed by atoms with E-state index in [9.17, 15) is 14.7 Å². The Morgan fingerprint density at radius 1 is 1.24 bits per heavy atom. The molecule has 1 heterocycles. The Morgan fingerprint density at radius 2 is 1.86 bits per heavy atom. The van der Waals surface area contributed by atoms with Gasteiger partial charge >= 0.3 is 5.97 Å². The van der Waals surface area contributed by atoms with Gasteiger partial charge < -0.3 is 9.84 Å². The molecule has 0 saturated heterocycles. The quantitative estimate of drug-likeness (QED) is 0.864. The summed E-state index contributed by atoms with van der Waals surface area (Å²) in [4.78, 5) is 28.4. The van der Waals surface area contributed by atoms with Crippen molar-refractivity contribution >= 4 is 28.9 Å². The maximum absolute atomic E-state index is 11.8. The molecule has 0 aliphatic carbocycles. The largest absolute Gasteiger partial charge is 0.508 e. The zero-order valence-electron chi connectivity index (χ0n) is 11.8. The number of rotatable bonds is 2. The Morgan fingerprint density at radius 3 is 2.38 bits per heavy atom. The van der Waals surface area contributed by atoms with Crippen LogP contribution < -0.4 is 9.54 Å². The Labute approximate surface area is 125 Å². The van der Waals surface area contributed by atoms with Gasteiger partial charge in [-0.05, 0) is 31.2 Å². The number of phenols is 1. The number of aromatic nitrogens is 1. The molecule has 1 N–H and O–H groups in total. The van der Waals surface area contributed by atoms with Crippen LogP contribution in [0, 0.1) is 6.92 Å². The summed E-state index contributed by atoms with van der Waals surface area (Å²) in [6.45, 7) is 4.39. The minimum absolute atomic E-state index is 0.136. The van der Waals surface area contributed by atoms with E-state index in [0.29, 0.717) is 15.4 Å². The van der Waals surface area contributed by atoms with Crippen LogP contribution in [0.2, 0.25) is 0 Å². The van der Waals surface area contributed by atoms with Crippen molar-refractivity contribution < 1.29 is 19.4 Å². The van der Waals surface area contributed by atoms with Crippen molar-refractivity contribution in [1.82, 2.24) is 4.57 Å². The van der Waals surface area contributed by atoms with Gasteiger partial charge in [0.25, 0.3) is 0 Å². The zero-order chi connectivity index (χ0) is 15.6. The van der Waals surface area contributed by atoms with E-state index >= 15 is 0 Å². The van der Waals surface area contributed by atoms with E-state index < -0.39 is 5.97 Å². The number of ether oxygens (including phenoxy) is 1. The van der Waals surface area contributed by atoms with Crippen LogP contribution in [0.25, 0.3) is 0 Å². The standard InChI is InChI=1S/C14H14N2O4S/c1-8-13(20-10(3)18)16(9(2)17)14(21-8)15-11-4-6-12(19)7-5-11/h4-7,19H,1-3H3. The highest BCUT2D eigenvalue weighted by Crippen LogP contribution is 2.22. The summed E-state index contributed by atoms with van der Waals surface area (Å²) in [7, 11) is 0. The molecule has 0 fully saturated rings. The molecule has 1 aromatic carbocycles. The second-order valence-electron chi connectivity index (χ2n) is 4.32. The van der Waals surface area contributed by atoms with Crippen molar-refractivity contribution in [2.24, 2.45) is 4.99 Å². The third kappa shape index (κ3) is 3.38. The number of carbonyl (C=O) groups excluding carboxylic acids is 2. The van der Waals surface area contributed by atoms with E-state index in [2.05, 4.69) is 4.99 Å². The number of aromatic hydroxyl groups is 1. The second-order valence-corrected chi connectivity index (χ2v) is 5.50. The van der Waals surface area contributed by atoms with E-state index in [4.69, 9.17) is 4.74 Å². The molecular weight excluding hydrogens is 292 g/mol. The number of nitrogens with zero attached hydrogens (tertiary/aromatic N) is 2. The van der Waals surface area contributed by atoms with Gasteiger partial charge in [0, 0.05) is 13.8 Å². The van der Waals surface area contributed by atoms with E-state index in [0.717, 1.165) is 0 Å².